The molecule has 5 heteroatoms. The van der Waals surface area contributed by atoms with Crippen LogP contribution in [0.3, 0.4) is 0 Å². The summed E-state index contributed by atoms with van der Waals surface area (Å²) in [5.74, 6) is 0.402. The third-order valence-electron chi connectivity index (χ3n) is 2.87. The molecule has 0 spiro atoms. The van der Waals surface area contributed by atoms with Gasteiger partial charge in [0.1, 0.15) is 24.4 Å². The molecule has 0 bridgehead atoms. The Kier molecular flexibility index (Phi) is 3.50. The molecular weight excluding hydrogens is 259 g/mol. The summed E-state index contributed by atoms with van der Waals surface area (Å²) in [5, 5.41) is 2.99. The predicted molar refractivity (Wildman–Crippen MR) is 72.3 cm³/mol. The van der Waals surface area contributed by atoms with Crippen LogP contribution in [0.4, 0.5) is 4.39 Å². The summed E-state index contributed by atoms with van der Waals surface area (Å²) in [4.78, 5) is 4.30. The summed E-state index contributed by atoms with van der Waals surface area (Å²) in [5.41, 5.74) is 1.64. The highest BCUT2D eigenvalue weighted by Crippen LogP contribution is 2.20. The van der Waals surface area contributed by atoms with Gasteiger partial charge in [0.05, 0.1) is 11.9 Å². The monoisotopic (exact) mass is 272 g/mol. The van der Waals surface area contributed by atoms with Crippen molar-refractivity contribution >= 4 is 0 Å². The third-order valence-corrected chi connectivity index (χ3v) is 2.87. The molecule has 0 amide bonds. The number of nitrogens with zero attached hydrogens (tertiary/aromatic N) is 1. The van der Waals surface area contributed by atoms with Gasteiger partial charge in [0, 0.05) is 11.8 Å². The van der Waals surface area contributed by atoms with Crippen LogP contribution in [-0.4, -0.2) is 17.8 Å². The second kappa shape index (κ2) is 5.61. The van der Waals surface area contributed by atoms with Crippen LogP contribution >= 0.6 is 0 Å². The average molecular weight is 272 g/mol. The normalized spacial score (nSPS) is 16.6. The lowest BCUT2D eigenvalue weighted by molar-refractivity contribution is 0.0928. The first-order chi connectivity index (χ1) is 9.81. The van der Waals surface area contributed by atoms with Crippen molar-refractivity contribution in [3.63, 3.8) is 0 Å². The SMILES string of the molecule is Fc1ccc(-c2ccc(OC[C@H]3NC=CO3)cn2)cc1. The van der Waals surface area contributed by atoms with E-state index in [1.807, 2.05) is 12.1 Å². The highest BCUT2D eigenvalue weighted by atomic mass is 19.1. The number of nitrogens with one attached hydrogen (secondary N) is 1. The lowest BCUT2D eigenvalue weighted by atomic mass is 10.1. The molecule has 0 radical (unpaired) electrons. The van der Waals surface area contributed by atoms with Crippen molar-refractivity contribution in [2.75, 3.05) is 6.61 Å². The standard InChI is InChI=1S/C15H13FN2O2/c16-12-3-1-11(2-4-12)14-6-5-13(9-18-14)20-10-15-17-7-8-19-15/h1-9,15,17H,10H2/t15-/m0/s1. The van der Waals surface area contributed by atoms with Crippen LogP contribution in [0.15, 0.2) is 55.1 Å². The van der Waals surface area contributed by atoms with Gasteiger partial charge < -0.3 is 14.8 Å². The van der Waals surface area contributed by atoms with Gasteiger partial charge >= 0.3 is 0 Å². The maximum Gasteiger partial charge on any atom is 0.203 e. The number of pyridine rings is 1. The molecule has 4 nitrogen and oxygen atoms in total. The quantitative estimate of drug-likeness (QED) is 0.929. The smallest absolute Gasteiger partial charge is 0.203 e. The molecule has 0 fully saturated rings. The lowest BCUT2D eigenvalue weighted by Crippen LogP contribution is -2.28. The summed E-state index contributed by atoms with van der Waals surface area (Å²) in [6.07, 6.45) is 4.79. The molecule has 0 saturated carbocycles. The molecule has 1 N–H and O–H groups in total. The fourth-order valence-electron chi connectivity index (χ4n) is 1.84. The van der Waals surface area contributed by atoms with Gasteiger partial charge in [-0.2, -0.15) is 0 Å². The van der Waals surface area contributed by atoms with E-state index in [1.165, 1.54) is 12.1 Å². The summed E-state index contributed by atoms with van der Waals surface area (Å²) >= 11 is 0. The van der Waals surface area contributed by atoms with Crippen LogP contribution < -0.4 is 10.1 Å². The molecule has 0 aliphatic carbocycles. The van der Waals surface area contributed by atoms with E-state index in [-0.39, 0.29) is 12.0 Å². The van der Waals surface area contributed by atoms with Gasteiger partial charge in [-0.25, -0.2) is 4.39 Å². The molecule has 1 aromatic carbocycles. The molecular formula is C15H13FN2O2. The predicted octanol–water partition coefficient (Wildman–Crippen LogP) is 2.68. The Bertz CT molecular complexity index is 588. The molecule has 1 atom stereocenters. The van der Waals surface area contributed by atoms with Crippen LogP contribution in [0.2, 0.25) is 0 Å². The number of benzene rings is 1. The number of aromatic nitrogens is 1. The van der Waals surface area contributed by atoms with Crippen molar-refractivity contribution in [3.05, 3.63) is 60.9 Å². The highest BCUT2D eigenvalue weighted by Gasteiger charge is 2.10. The van der Waals surface area contributed by atoms with Gasteiger partial charge in [0.25, 0.3) is 0 Å². The van der Waals surface area contributed by atoms with Gasteiger partial charge in [-0.05, 0) is 36.4 Å². The molecule has 20 heavy (non-hydrogen) atoms. The fourth-order valence-corrected chi connectivity index (χ4v) is 1.84. The fraction of sp³-hybridized carbons (Fsp3) is 0.133. The van der Waals surface area contributed by atoms with E-state index < -0.39 is 0 Å². The van der Waals surface area contributed by atoms with Crippen molar-refractivity contribution in [2.45, 2.75) is 6.23 Å². The summed E-state index contributed by atoms with van der Waals surface area (Å²) in [6, 6.07) is 9.88. The van der Waals surface area contributed by atoms with Crippen molar-refractivity contribution in [1.29, 1.82) is 0 Å². The molecule has 1 aromatic heterocycles. The Morgan fingerprint density at radius 1 is 1.20 bits per heavy atom. The van der Waals surface area contributed by atoms with E-state index in [0.717, 1.165) is 11.3 Å². The topological polar surface area (TPSA) is 43.4 Å². The van der Waals surface area contributed by atoms with Gasteiger partial charge in [0.2, 0.25) is 6.23 Å². The largest absolute Gasteiger partial charge is 0.486 e. The zero-order chi connectivity index (χ0) is 13.8. The van der Waals surface area contributed by atoms with Crippen molar-refractivity contribution in [2.24, 2.45) is 0 Å². The summed E-state index contributed by atoms with van der Waals surface area (Å²) in [7, 11) is 0. The van der Waals surface area contributed by atoms with E-state index in [9.17, 15) is 4.39 Å². The Morgan fingerprint density at radius 2 is 2.05 bits per heavy atom. The number of hydrogen-bond donors (Lipinski definition) is 1. The number of ether oxygens (including phenoxy) is 2. The first-order valence-electron chi connectivity index (χ1n) is 6.22. The van der Waals surface area contributed by atoms with E-state index in [1.54, 1.807) is 30.8 Å². The molecule has 1 aliphatic heterocycles. The van der Waals surface area contributed by atoms with Crippen molar-refractivity contribution in [3.8, 4) is 17.0 Å². The number of halogens is 1. The summed E-state index contributed by atoms with van der Waals surface area (Å²) < 4.78 is 23.6. The molecule has 2 aromatic rings. The Balaban J connectivity index is 1.63. The Labute approximate surface area is 115 Å². The second-order valence-corrected chi connectivity index (χ2v) is 4.29. The first-order valence-corrected chi connectivity index (χ1v) is 6.22. The molecule has 0 unspecified atom stereocenters. The Morgan fingerprint density at radius 3 is 2.70 bits per heavy atom. The van der Waals surface area contributed by atoms with Crippen LogP contribution in [0.5, 0.6) is 5.75 Å². The van der Waals surface area contributed by atoms with Gasteiger partial charge in [-0.3, -0.25) is 4.98 Å². The molecule has 2 heterocycles. The zero-order valence-electron chi connectivity index (χ0n) is 10.6. The lowest BCUT2D eigenvalue weighted by Gasteiger charge is -2.12. The molecule has 102 valence electrons. The molecule has 1 aliphatic rings. The van der Waals surface area contributed by atoms with E-state index in [4.69, 9.17) is 9.47 Å². The third kappa shape index (κ3) is 2.88. The average Bonchev–Trinajstić information content (AvgIpc) is 3.00. The highest BCUT2D eigenvalue weighted by molar-refractivity contribution is 5.59. The number of rotatable bonds is 4. The van der Waals surface area contributed by atoms with E-state index in [0.29, 0.717) is 12.4 Å². The van der Waals surface area contributed by atoms with Crippen molar-refractivity contribution < 1.29 is 13.9 Å². The minimum absolute atomic E-state index is 0.160. The van der Waals surface area contributed by atoms with Crippen LogP contribution in [0.25, 0.3) is 11.3 Å². The van der Waals surface area contributed by atoms with Crippen LogP contribution in [0.1, 0.15) is 0 Å². The van der Waals surface area contributed by atoms with Crippen molar-refractivity contribution in [1.82, 2.24) is 10.3 Å². The molecule has 3 rings (SSSR count). The second-order valence-electron chi connectivity index (χ2n) is 4.29. The number of hydrogen-bond acceptors (Lipinski definition) is 4. The minimum Gasteiger partial charge on any atom is -0.486 e. The molecule has 0 saturated heterocycles. The minimum atomic E-state index is -0.258. The van der Waals surface area contributed by atoms with Gasteiger partial charge in [0.15, 0.2) is 0 Å². The van der Waals surface area contributed by atoms with E-state index >= 15 is 0 Å². The summed E-state index contributed by atoms with van der Waals surface area (Å²) in [6.45, 7) is 0.393. The first kappa shape index (κ1) is 12.5. The zero-order valence-corrected chi connectivity index (χ0v) is 10.6. The van der Waals surface area contributed by atoms with Crippen LogP contribution in [0, 0.1) is 5.82 Å². The maximum absolute atomic E-state index is 12.9. The maximum atomic E-state index is 12.9. The Hall–Kier alpha value is -2.56. The van der Waals surface area contributed by atoms with E-state index in [2.05, 4.69) is 10.3 Å². The van der Waals surface area contributed by atoms with Gasteiger partial charge in [-0.1, -0.05) is 0 Å². The van der Waals surface area contributed by atoms with Crippen LogP contribution in [-0.2, 0) is 4.74 Å². The van der Waals surface area contributed by atoms with Gasteiger partial charge in [-0.15, -0.1) is 0 Å².